The summed E-state index contributed by atoms with van der Waals surface area (Å²) in [5, 5.41) is 3.23. The van der Waals surface area contributed by atoms with E-state index >= 15 is 0 Å². The molecule has 0 spiro atoms. The zero-order valence-corrected chi connectivity index (χ0v) is 4.65. The van der Waals surface area contributed by atoms with E-state index in [2.05, 4.69) is 10.1 Å². The standard InChI is InChI=1S/C5H11NO/c1-7-5-2-3-6-4-5/h5-6H,2-4H2,1H3/p+1. The first kappa shape index (κ1) is 5.06. The summed E-state index contributed by atoms with van der Waals surface area (Å²) in [6.45, 7) is 2.25. The first-order chi connectivity index (χ1) is 3.43. The molecule has 1 aliphatic rings. The number of hydrogen-bond acceptors (Lipinski definition) is 1. The molecule has 42 valence electrons. The van der Waals surface area contributed by atoms with Crippen LogP contribution in [0, 0.1) is 0 Å². The number of rotatable bonds is 1. The fourth-order valence-corrected chi connectivity index (χ4v) is 0.860. The van der Waals surface area contributed by atoms with Gasteiger partial charge in [0.15, 0.2) is 6.10 Å². The van der Waals surface area contributed by atoms with Crippen LogP contribution in [0.3, 0.4) is 0 Å². The van der Waals surface area contributed by atoms with Gasteiger partial charge in [0.05, 0.1) is 6.54 Å². The molecule has 2 N–H and O–H groups in total. The summed E-state index contributed by atoms with van der Waals surface area (Å²) in [5.74, 6) is 0. The zero-order valence-electron chi connectivity index (χ0n) is 4.65. The number of nitrogens with one attached hydrogen (secondary N) is 1. The van der Waals surface area contributed by atoms with Gasteiger partial charge in [-0.3, -0.25) is 0 Å². The Morgan fingerprint density at radius 2 is 2.57 bits per heavy atom. The van der Waals surface area contributed by atoms with Crippen molar-refractivity contribution in [2.24, 2.45) is 0 Å². The van der Waals surface area contributed by atoms with Gasteiger partial charge in [-0.1, -0.05) is 0 Å². The summed E-state index contributed by atoms with van der Waals surface area (Å²) < 4.78 is 4.12. The van der Waals surface area contributed by atoms with Gasteiger partial charge in [-0.2, -0.15) is 0 Å². The maximum absolute atomic E-state index is 4.12. The summed E-state index contributed by atoms with van der Waals surface area (Å²) in [7, 11) is 1.89. The van der Waals surface area contributed by atoms with Gasteiger partial charge in [0, 0.05) is 13.0 Å². The van der Waals surface area contributed by atoms with E-state index < -0.39 is 0 Å². The SMILES string of the molecule is C[OH+]C1CCNC1. The Balaban J connectivity index is 2.14. The van der Waals surface area contributed by atoms with Gasteiger partial charge in [-0.15, -0.1) is 0 Å². The van der Waals surface area contributed by atoms with Crippen molar-refractivity contribution >= 4 is 0 Å². The minimum atomic E-state index is 0.611. The van der Waals surface area contributed by atoms with Crippen LogP contribution >= 0.6 is 0 Å². The minimum Gasteiger partial charge on any atom is -0.433 e. The molecule has 1 aliphatic heterocycles. The van der Waals surface area contributed by atoms with Gasteiger partial charge in [-0.05, 0) is 0 Å². The van der Waals surface area contributed by atoms with Crippen molar-refractivity contribution in [1.29, 1.82) is 0 Å². The molecule has 1 fully saturated rings. The molecule has 1 heterocycles. The molecule has 2 heteroatoms. The van der Waals surface area contributed by atoms with Crippen LogP contribution in [0.2, 0.25) is 0 Å². The molecule has 1 atom stereocenters. The van der Waals surface area contributed by atoms with Crippen LogP contribution in [0.15, 0.2) is 0 Å². The first-order valence-corrected chi connectivity index (χ1v) is 2.73. The van der Waals surface area contributed by atoms with Gasteiger partial charge in [-0.25, -0.2) is 0 Å². The highest BCUT2D eigenvalue weighted by atomic mass is 16.5. The van der Waals surface area contributed by atoms with Gasteiger partial charge < -0.3 is 10.1 Å². The molecule has 2 nitrogen and oxygen atoms in total. The van der Waals surface area contributed by atoms with Crippen LogP contribution in [0.1, 0.15) is 6.42 Å². The molecule has 0 aromatic heterocycles. The predicted molar refractivity (Wildman–Crippen MR) is 29.4 cm³/mol. The van der Waals surface area contributed by atoms with Crippen LogP contribution in [0.5, 0.6) is 0 Å². The van der Waals surface area contributed by atoms with E-state index in [9.17, 15) is 0 Å². The second-order valence-electron chi connectivity index (χ2n) is 1.90. The lowest BCUT2D eigenvalue weighted by molar-refractivity contribution is -0.0478. The number of aliphatic hydroxyl groups is 2. The lowest BCUT2D eigenvalue weighted by atomic mass is 10.3. The van der Waals surface area contributed by atoms with Crippen LogP contribution < -0.4 is 5.32 Å². The maximum Gasteiger partial charge on any atom is 0.168 e. The van der Waals surface area contributed by atoms with Crippen molar-refractivity contribution in [2.75, 3.05) is 20.2 Å². The average molecular weight is 102 g/mol. The van der Waals surface area contributed by atoms with Crippen LogP contribution in [0.25, 0.3) is 0 Å². The van der Waals surface area contributed by atoms with Crippen molar-refractivity contribution in [3.05, 3.63) is 0 Å². The molecular formula is C5H12NO+. The highest BCUT2D eigenvalue weighted by molar-refractivity contribution is 4.68. The van der Waals surface area contributed by atoms with E-state index in [0.717, 1.165) is 13.1 Å². The summed E-state index contributed by atoms with van der Waals surface area (Å²) in [4.78, 5) is 0. The third kappa shape index (κ3) is 1.14. The molecule has 0 aromatic carbocycles. The second kappa shape index (κ2) is 2.28. The summed E-state index contributed by atoms with van der Waals surface area (Å²) in [6, 6.07) is 0. The largest absolute Gasteiger partial charge is 0.433 e. The molecule has 1 unspecified atom stereocenters. The second-order valence-corrected chi connectivity index (χ2v) is 1.90. The lowest BCUT2D eigenvalue weighted by Crippen LogP contribution is -2.17. The van der Waals surface area contributed by atoms with Crippen molar-refractivity contribution < 1.29 is 4.74 Å². The number of ether oxygens (including phenoxy) is 1. The Labute approximate surface area is 43.9 Å². The Hall–Kier alpha value is -0.0800. The fourth-order valence-electron chi connectivity index (χ4n) is 0.860. The Kier molecular flexibility index (Phi) is 1.65. The Morgan fingerprint density at radius 3 is 2.86 bits per heavy atom. The smallest absolute Gasteiger partial charge is 0.168 e. The molecule has 0 bridgehead atoms. The molecular weight excluding hydrogens is 90.1 g/mol. The Morgan fingerprint density at radius 1 is 1.71 bits per heavy atom. The van der Waals surface area contributed by atoms with Gasteiger partial charge in [0.2, 0.25) is 0 Å². The van der Waals surface area contributed by atoms with Crippen LogP contribution in [-0.4, -0.2) is 31.0 Å². The molecule has 0 radical (unpaired) electrons. The Bertz CT molecular complexity index is 50.0. The van der Waals surface area contributed by atoms with Crippen molar-refractivity contribution in [2.45, 2.75) is 12.5 Å². The topological polar surface area (TPSA) is 24.8 Å². The average Bonchev–Trinajstić information content (AvgIpc) is 2.14. The van der Waals surface area contributed by atoms with Gasteiger partial charge >= 0.3 is 0 Å². The third-order valence-corrected chi connectivity index (χ3v) is 1.40. The minimum absolute atomic E-state index is 0.611. The molecule has 0 aromatic rings. The van der Waals surface area contributed by atoms with Crippen molar-refractivity contribution in [3.8, 4) is 0 Å². The summed E-state index contributed by atoms with van der Waals surface area (Å²) >= 11 is 0. The van der Waals surface area contributed by atoms with E-state index in [1.165, 1.54) is 6.42 Å². The molecule has 0 amide bonds. The lowest BCUT2D eigenvalue weighted by Gasteiger charge is -1.97. The fraction of sp³-hybridized carbons (Fsp3) is 1.00. The number of hydrogen-bond donors (Lipinski definition) is 1. The van der Waals surface area contributed by atoms with E-state index in [1.807, 2.05) is 7.11 Å². The highest BCUT2D eigenvalue weighted by Crippen LogP contribution is 1.96. The molecule has 1 saturated heterocycles. The zero-order chi connectivity index (χ0) is 5.11. The molecule has 1 rings (SSSR count). The van der Waals surface area contributed by atoms with E-state index in [4.69, 9.17) is 0 Å². The molecule has 0 aliphatic carbocycles. The first-order valence-electron chi connectivity index (χ1n) is 2.73. The van der Waals surface area contributed by atoms with Crippen LogP contribution in [0.4, 0.5) is 0 Å². The molecule has 0 saturated carbocycles. The van der Waals surface area contributed by atoms with Gasteiger partial charge in [0.25, 0.3) is 0 Å². The highest BCUT2D eigenvalue weighted by Gasteiger charge is 2.15. The summed E-state index contributed by atoms with van der Waals surface area (Å²) in [5.41, 5.74) is 0. The van der Waals surface area contributed by atoms with Crippen molar-refractivity contribution in [3.63, 3.8) is 0 Å². The van der Waals surface area contributed by atoms with Crippen molar-refractivity contribution in [1.82, 2.24) is 5.32 Å². The van der Waals surface area contributed by atoms with Crippen LogP contribution in [-0.2, 0) is 0 Å². The van der Waals surface area contributed by atoms with E-state index in [1.54, 1.807) is 0 Å². The monoisotopic (exact) mass is 102 g/mol. The molecule has 7 heavy (non-hydrogen) atoms. The normalized spacial score (nSPS) is 31.3. The van der Waals surface area contributed by atoms with E-state index in [-0.39, 0.29) is 0 Å². The third-order valence-electron chi connectivity index (χ3n) is 1.40. The summed E-state index contributed by atoms with van der Waals surface area (Å²) in [6.07, 6.45) is 1.84. The quantitative estimate of drug-likeness (QED) is 0.444. The van der Waals surface area contributed by atoms with Gasteiger partial charge in [0.1, 0.15) is 7.11 Å². The van der Waals surface area contributed by atoms with E-state index in [0.29, 0.717) is 6.10 Å². The maximum atomic E-state index is 4.12. The predicted octanol–water partition coefficient (Wildman–Crippen LogP) is -0.494.